The molecule has 1 saturated carbocycles. The van der Waals surface area contributed by atoms with E-state index in [1.807, 2.05) is 19.0 Å². The zero-order chi connectivity index (χ0) is 32.4. The van der Waals surface area contributed by atoms with Crippen molar-refractivity contribution in [3.63, 3.8) is 0 Å². The number of aliphatic hydroxyl groups is 2. The van der Waals surface area contributed by atoms with Crippen LogP contribution in [-0.2, 0) is 30.3 Å². The first kappa shape index (κ1) is 30.8. The van der Waals surface area contributed by atoms with Crippen molar-refractivity contribution in [1.82, 2.24) is 4.90 Å². The number of ketones is 2. The lowest BCUT2D eigenvalue weighted by atomic mass is 9.57. The lowest BCUT2D eigenvalue weighted by Gasteiger charge is -2.52. The van der Waals surface area contributed by atoms with Crippen LogP contribution in [0, 0.1) is 11.8 Å². The highest BCUT2D eigenvalue weighted by atomic mass is 16.5. The Hall–Kier alpha value is -4.68. The molecule has 0 saturated heterocycles. The summed E-state index contributed by atoms with van der Waals surface area (Å²) in [7, 11) is 8.08. The highest BCUT2D eigenvalue weighted by Gasteiger charge is 2.65. The van der Waals surface area contributed by atoms with Gasteiger partial charge < -0.3 is 36.0 Å². The number of carbonyl (C=O) groups is 4. The number of aliphatic hydroxyl groups excluding tert-OH is 2. The Balaban J connectivity index is 1.77. The van der Waals surface area contributed by atoms with Gasteiger partial charge in [-0.1, -0.05) is 12.1 Å². The summed E-state index contributed by atoms with van der Waals surface area (Å²) in [5, 5.41) is 37.6. The summed E-state index contributed by atoms with van der Waals surface area (Å²) in [5.41, 5.74) is 5.27. The van der Waals surface area contributed by atoms with E-state index in [-0.39, 0.29) is 35.6 Å². The number of carbonyl (C=O) groups excluding carboxylic acids is 4. The number of methoxy groups -OCH3 is 1. The number of benzene rings is 2. The fourth-order valence-electron chi connectivity index (χ4n) is 7.20. The van der Waals surface area contributed by atoms with Crippen LogP contribution >= 0.6 is 0 Å². The molecule has 5 rings (SSSR count). The molecule has 0 heterocycles. The summed E-state index contributed by atoms with van der Waals surface area (Å²) < 4.78 is 5.74. The van der Waals surface area contributed by atoms with Gasteiger partial charge in [-0.3, -0.25) is 24.1 Å². The third-order valence-electron chi connectivity index (χ3n) is 8.96. The minimum Gasteiger partial charge on any atom is -0.508 e. The highest BCUT2D eigenvalue weighted by molar-refractivity contribution is 6.24. The summed E-state index contributed by atoms with van der Waals surface area (Å²) in [6.45, 7) is 1.38. The van der Waals surface area contributed by atoms with Gasteiger partial charge in [-0.05, 0) is 62.2 Å². The topological polar surface area (TPSA) is 183 Å². The van der Waals surface area contributed by atoms with E-state index in [2.05, 4.69) is 5.32 Å². The number of primary amides is 1. The molecule has 44 heavy (non-hydrogen) atoms. The van der Waals surface area contributed by atoms with Crippen LogP contribution in [0.4, 0.5) is 11.4 Å². The number of ether oxygens (including phenoxy) is 1. The molecule has 2 aromatic rings. The van der Waals surface area contributed by atoms with Gasteiger partial charge in [-0.2, -0.15) is 0 Å². The molecule has 12 nitrogen and oxygen atoms in total. The summed E-state index contributed by atoms with van der Waals surface area (Å²) in [4.78, 5) is 55.4. The molecule has 1 fully saturated rings. The number of anilines is 2. The van der Waals surface area contributed by atoms with Crippen LogP contribution in [0.1, 0.15) is 24.5 Å². The van der Waals surface area contributed by atoms with Gasteiger partial charge >= 0.3 is 0 Å². The van der Waals surface area contributed by atoms with E-state index in [0.717, 1.165) is 0 Å². The molecular formula is C32H36N4O8. The number of aromatic hydroxyl groups is 1. The number of hydrogen-bond acceptors (Lipinski definition) is 10. The van der Waals surface area contributed by atoms with Gasteiger partial charge in [0.25, 0.3) is 5.91 Å². The fourth-order valence-corrected chi connectivity index (χ4v) is 7.20. The molecule has 12 heteroatoms. The molecule has 3 aliphatic rings. The second kappa shape index (κ2) is 10.8. The van der Waals surface area contributed by atoms with Gasteiger partial charge in [0, 0.05) is 56.6 Å². The number of hydrogen-bond donors (Lipinski definition) is 5. The predicted octanol–water partition coefficient (Wildman–Crippen LogP) is 2.31. The average molecular weight is 605 g/mol. The van der Waals surface area contributed by atoms with Gasteiger partial charge in [0.1, 0.15) is 22.8 Å². The number of nitrogens with one attached hydrogen (secondary N) is 1. The monoisotopic (exact) mass is 604 g/mol. The number of fused-ring (bicyclic) bond motifs is 3. The minimum absolute atomic E-state index is 0.0510. The van der Waals surface area contributed by atoms with Crippen molar-refractivity contribution in [2.45, 2.75) is 31.4 Å². The van der Waals surface area contributed by atoms with E-state index in [0.29, 0.717) is 28.1 Å². The highest BCUT2D eigenvalue weighted by Crippen LogP contribution is 2.55. The van der Waals surface area contributed by atoms with Crippen LogP contribution in [0.2, 0.25) is 0 Å². The van der Waals surface area contributed by atoms with Gasteiger partial charge in [0.2, 0.25) is 11.7 Å². The minimum atomic E-state index is -2.17. The normalized spacial score (nSPS) is 24.6. The number of phenols is 1. The van der Waals surface area contributed by atoms with Crippen LogP contribution in [-0.4, -0.2) is 90.5 Å². The lowest BCUT2D eigenvalue weighted by molar-refractivity contribution is -0.159. The smallest absolute Gasteiger partial charge is 0.255 e. The Morgan fingerprint density at radius 1 is 1.09 bits per heavy atom. The van der Waals surface area contributed by atoms with Crippen molar-refractivity contribution >= 4 is 40.5 Å². The summed E-state index contributed by atoms with van der Waals surface area (Å²) in [6.07, 6.45) is 0.364. The molecule has 0 aliphatic heterocycles. The Morgan fingerprint density at radius 2 is 1.77 bits per heavy atom. The molecule has 0 bridgehead atoms. The maximum absolute atomic E-state index is 14.5. The lowest BCUT2D eigenvalue weighted by Crippen LogP contribution is -2.66. The Bertz CT molecular complexity index is 1690. The molecule has 2 amide bonds. The summed E-state index contributed by atoms with van der Waals surface area (Å²) in [6, 6.07) is 7.60. The van der Waals surface area contributed by atoms with Crippen LogP contribution in [0.25, 0.3) is 16.9 Å². The predicted molar refractivity (Wildman–Crippen MR) is 163 cm³/mol. The quantitative estimate of drug-likeness (QED) is 0.307. The fraction of sp³-hybridized carbons (Fsp3) is 0.375. The van der Waals surface area contributed by atoms with Crippen LogP contribution in [0.15, 0.2) is 47.2 Å². The van der Waals surface area contributed by atoms with E-state index in [4.69, 9.17) is 10.5 Å². The van der Waals surface area contributed by atoms with Crippen LogP contribution in [0.5, 0.6) is 5.75 Å². The van der Waals surface area contributed by atoms with Gasteiger partial charge in [-0.25, -0.2) is 0 Å². The van der Waals surface area contributed by atoms with Crippen LogP contribution < -0.4 is 16.0 Å². The number of phenolic OH excluding ortho intramolecular Hbond substituents is 1. The first-order valence-electron chi connectivity index (χ1n) is 14.1. The summed E-state index contributed by atoms with van der Waals surface area (Å²) in [5.74, 6) is -6.15. The van der Waals surface area contributed by atoms with E-state index in [1.54, 1.807) is 49.3 Å². The van der Waals surface area contributed by atoms with Crippen molar-refractivity contribution < 1.29 is 39.2 Å². The standard InChI is InChI=1S/C32H36N4O8/c1-14(37)34-17-9-7-8-15(10-17)18-13-21(35(2)3)19-11-16-12-20-25(36(4)5)28(40)24(31(33)43)30(42)32(20,44-6)29(41)22(16)27(39)23(19)26(18)38/h7-10,13,16,20,25,38-39,42H,11-12H2,1-6H3,(H2,33,43)(H,34,37)/t16?,20?,25?,32-/m0/s1. The van der Waals surface area contributed by atoms with Crippen LogP contribution in [0.3, 0.4) is 0 Å². The molecule has 0 aromatic heterocycles. The number of nitrogens with two attached hydrogens (primary N) is 1. The third kappa shape index (κ3) is 4.36. The largest absolute Gasteiger partial charge is 0.508 e. The molecule has 6 N–H and O–H groups in total. The van der Waals surface area contributed by atoms with Crippen molar-refractivity contribution in [2.24, 2.45) is 17.6 Å². The second-order valence-electron chi connectivity index (χ2n) is 11.9. The van der Waals surface area contributed by atoms with Crippen molar-refractivity contribution in [3.8, 4) is 16.9 Å². The SMILES string of the molecule is CO[C@]12C(=O)C3=C(O)c4c(O)c(-c5cccc(NC(C)=O)c5)cc(N(C)C)c4CC3CC1C(N(C)C)C(=O)C(C(N)=O)=C2O. The number of likely N-dealkylation sites (N-methyl/N-ethyl adjacent to an activating group) is 1. The first-order valence-corrected chi connectivity index (χ1v) is 14.1. The molecule has 4 atom stereocenters. The zero-order valence-corrected chi connectivity index (χ0v) is 25.4. The molecular weight excluding hydrogens is 568 g/mol. The number of rotatable bonds is 6. The van der Waals surface area contributed by atoms with E-state index in [1.165, 1.54) is 14.0 Å². The Kier molecular flexibility index (Phi) is 7.55. The van der Waals surface area contributed by atoms with Crippen molar-refractivity contribution in [2.75, 3.05) is 45.5 Å². The third-order valence-corrected chi connectivity index (χ3v) is 8.96. The van der Waals surface area contributed by atoms with E-state index < -0.39 is 58.0 Å². The first-order chi connectivity index (χ1) is 20.7. The number of Topliss-reactive ketones (excluding diaryl/α,β-unsaturated/α-hetero) is 2. The van der Waals surface area contributed by atoms with Gasteiger partial charge in [0.05, 0.1) is 11.6 Å². The maximum atomic E-state index is 14.5. The molecule has 232 valence electrons. The molecule has 2 aromatic carbocycles. The molecule has 0 radical (unpaired) electrons. The van der Waals surface area contributed by atoms with E-state index >= 15 is 0 Å². The Morgan fingerprint density at radius 3 is 2.34 bits per heavy atom. The Labute approximate surface area is 254 Å². The second-order valence-corrected chi connectivity index (χ2v) is 11.9. The van der Waals surface area contributed by atoms with Crippen molar-refractivity contribution in [3.05, 3.63) is 58.4 Å². The van der Waals surface area contributed by atoms with Gasteiger partial charge in [-0.15, -0.1) is 0 Å². The zero-order valence-electron chi connectivity index (χ0n) is 25.4. The average Bonchev–Trinajstić information content (AvgIpc) is 2.92. The van der Waals surface area contributed by atoms with E-state index in [9.17, 15) is 34.5 Å². The number of nitrogens with zero attached hydrogens (tertiary/aromatic N) is 2. The molecule has 3 unspecified atom stereocenters. The maximum Gasteiger partial charge on any atom is 0.255 e. The van der Waals surface area contributed by atoms with Crippen molar-refractivity contribution in [1.29, 1.82) is 0 Å². The molecule has 3 aliphatic carbocycles. The number of amides is 2. The van der Waals surface area contributed by atoms with Gasteiger partial charge in [0.15, 0.2) is 11.4 Å². The molecule has 0 spiro atoms. The summed E-state index contributed by atoms with van der Waals surface area (Å²) >= 11 is 0.